The third-order valence-electron chi connectivity index (χ3n) is 3.58. The van der Waals surface area contributed by atoms with E-state index in [1.54, 1.807) is 7.11 Å². The number of methoxy groups -OCH3 is 1. The molecule has 2 unspecified atom stereocenters. The second-order valence-electron chi connectivity index (χ2n) is 5.00. The summed E-state index contributed by atoms with van der Waals surface area (Å²) in [4.78, 5) is 12.2. The van der Waals surface area contributed by atoms with Gasteiger partial charge in [0.1, 0.15) is 12.4 Å². The van der Waals surface area contributed by atoms with Gasteiger partial charge in [-0.15, -0.1) is 0 Å². The van der Waals surface area contributed by atoms with Crippen molar-refractivity contribution >= 4 is 5.91 Å². The molecule has 0 spiro atoms. The minimum Gasteiger partial charge on any atom is -0.384 e. The van der Waals surface area contributed by atoms with Crippen LogP contribution in [0.1, 0.15) is 35.2 Å². The number of carbonyl (C=O) groups excluding carboxylic acids is 1. The van der Waals surface area contributed by atoms with Crippen molar-refractivity contribution in [2.24, 2.45) is 0 Å². The van der Waals surface area contributed by atoms with Gasteiger partial charge in [0.25, 0.3) is 5.91 Å². The predicted octanol–water partition coefficient (Wildman–Crippen LogP) is 1.47. The molecule has 1 aromatic carbocycles. The molecule has 2 N–H and O–H groups in total. The number of hydrogen-bond acceptors (Lipinski definition) is 3. The summed E-state index contributed by atoms with van der Waals surface area (Å²) in [5.74, 6) is 4.11. The van der Waals surface area contributed by atoms with Crippen LogP contribution in [0.3, 0.4) is 0 Å². The van der Waals surface area contributed by atoms with Crippen molar-refractivity contribution in [3.8, 4) is 11.8 Å². The first-order valence-corrected chi connectivity index (χ1v) is 6.87. The molecule has 2 rings (SSSR count). The number of ether oxygens (including phenoxy) is 1. The molecule has 2 atom stereocenters. The van der Waals surface area contributed by atoms with Gasteiger partial charge in [-0.05, 0) is 37.5 Å². The van der Waals surface area contributed by atoms with Crippen molar-refractivity contribution in [2.75, 3.05) is 13.7 Å². The maximum absolute atomic E-state index is 13.8. The normalized spacial score (nSPS) is 20.7. The Bertz CT molecular complexity index is 577. The fourth-order valence-electron chi connectivity index (χ4n) is 2.47. The molecule has 5 heteroatoms. The average Bonchev–Trinajstić information content (AvgIpc) is 2.94. The number of rotatable bonds is 3. The van der Waals surface area contributed by atoms with Gasteiger partial charge in [-0.3, -0.25) is 4.79 Å². The van der Waals surface area contributed by atoms with Crippen LogP contribution in [0.2, 0.25) is 0 Å². The summed E-state index contributed by atoms with van der Waals surface area (Å²) in [6, 6.07) is 4.10. The average molecular weight is 291 g/mol. The first-order chi connectivity index (χ1) is 10.1. The molecule has 1 amide bonds. The van der Waals surface area contributed by atoms with Crippen molar-refractivity contribution < 1.29 is 19.0 Å². The van der Waals surface area contributed by atoms with Crippen LogP contribution in [-0.2, 0) is 4.74 Å². The molecule has 4 nitrogen and oxygen atoms in total. The van der Waals surface area contributed by atoms with Gasteiger partial charge in [-0.25, -0.2) is 4.39 Å². The zero-order valence-electron chi connectivity index (χ0n) is 11.9. The van der Waals surface area contributed by atoms with Crippen LogP contribution in [0.4, 0.5) is 4.39 Å². The number of benzene rings is 1. The molecule has 0 aliphatic heterocycles. The second kappa shape index (κ2) is 7.21. The fraction of sp³-hybridized carbons (Fsp3) is 0.438. The van der Waals surface area contributed by atoms with E-state index in [-0.39, 0.29) is 24.3 Å². The van der Waals surface area contributed by atoms with E-state index in [0.717, 1.165) is 19.3 Å². The summed E-state index contributed by atoms with van der Waals surface area (Å²) in [7, 11) is 1.65. The molecule has 0 heterocycles. The lowest BCUT2D eigenvalue weighted by atomic mass is 10.1. The maximum atomic E-state index is 13.8. The highest BCUT2D eigenvalue weighted by molar-refractivity contribution is 5.95. The lowest BCUT2D eigenvalue weighted by Crippen LogP contribution is -2.34. The molecule has 1 aliphatic rings. The third-order valence-corrected chi connectivity index (χ3v) is 3.58. The highest BCUT2D eigenvalue weighted by Gasteiger charge is 2.26. The molecular weight excluding hydrogens is 273 g/mol. The Hall–Kier alpha value is -1.90. The van der Waals surface area contributed by atoms with Crippen molar-refractivity contribution in [3.63, 3.8) is 0 Å². The van der Waals surface area contributed by atoms with Crippen molar-refractivity contribution in [1.82, 2.24) is 5.32 Å². The lowest BCUT2D eigenvalue weighted by molar-refractivity contribution is 0.0911. The highest BCUT2D eigenvalue weighted by atomic mass is 19.1. The van der Waals surface area contributed by atoms with Crippen LogP contribution in [0, 0.1) is 17.7 Å². The topological polar surface area (TPSA) is 58.6 Å². The number of hydrogen-bond donors (Lipinski definition) is 2. The van der Waals surface area contributed by atoms with Crippen LogP contribution in [0.5, 0.6) is 0 Å². The summed E-state index contributed by atoms with van der Waals surface area (Å²) < 4.78 is 19.0. The van der Waals surface area contributed by atoms with Crippen molar-refractivity contribution in [2.45, 2.75) is 31.4 Å². The Balaban J connectivity index is 2.08. The largest absolute Gasteiger partial charge is 0.384 e. The molecule has 1 fully saturated rings. The third kappa shape index (κ3) is 4.03. The van der Waals surface area contributed by atoms with Crippen LogP contribution < -0.4 is 5.32 Å². The number of carbonyl (C=O) groups is 1. The van der Waals surface area contributed by atoms with E-state index in [9.17, 15) is 9.18 Å². The van der Waals surface area contributed by atoms with Gasteiger partial charge in [0.15, 0.2) is 0 Å². The first-order valence-electron chi connectivity index (χ1n) is 6.87. The Labute approximate surface area is 123 Å². The number of amides is 1. The van der Waals surface area contributed by atoms with Crippen LogP contribution >= 0.6 is 0 Å². The smallest absolute Gasteiger partial charge is 0.254 e. The van der Waals surface area contributed by atoms with E-state index in [1.807, 2.05) is 0 Å². The number of halogens is 1. The Morgan fingerprint density at radius 2 is 2.33 bits per heavy atom. The van der Waals surface area contributed by atoms with E-state index in [1.165, 1.54) is 18.2 Å². The van der Waals surface area contributed by atoms with E-state index in [4.69, 9.17) is 9.84 Å². The monoisotopic (exact) mass is 291 g/mol. The lowest BCUT2D eigenvalue weighted by Gasteiger charge is -2.13. The molecular formula is C16H18FNO3. The zero-order chi connectivity index (χ0) is 15.2. The minimum atomic E-state index is -0.580. The highest BCUT2D eigenvalue weighted by Crippen LogP contribution is 2.22. The second-order valence-corrected chi connectivity index (χ2v) is 5.00. The van der Waals surface area contributed by atoms with Gasteiger partial charge in [0, 0.05) is 18.7 Å². The molecule has 21 heavy (non-hydrogen) atoms. The molecule has 1 aliphatic carbocycles. The summed E-state index contributed by atoms with van der Waals surface area (Å²) in [5, 5.41) is 11.5. The van der Waals surface area contributed by atoms with Gasteiger partial charge in [-0.2, -0.15) is 0 Å². The molecule has 1 aromatic rings. The Kier molecular flexibility index (Phi) is 5.32. The van der Waals surface area contributed by atoms with Gasteiger partial charge in [-0.1, -0.05) is 11.8 Å². The van der Waals surface area contributed by atoms with E-state index in [2.05, 4.69) is 17.2 Å². The SMILES string of the molecule is COC1CCC(NC(=O)c2cc(C#CCO)ccc2F)C1. The maximum Gasteiger partial charge on any atom is 0.254 e. The Morgan fingerprint density at radius 1 is 1.52 bits per heavy atom. The van der Waals surface area contributed by atoms with Crippen LogP contribution in [0.25, 0.3) is 0 Å². The molecule has 0 bridgehead atoms. The predicted molar refractivity (Wildman–Crippen MR) is 76.3 cm³/mol. The minimum absolute atomic E-state index is 0.00836. The number of aliphatic hydroxyl groups is 1. The molecule has 0 radical (unpaired) electrons. The quantitative estimate of drug-likeness (QED) is 0.829. The summed E-state index contributed by atoms with van der Waals surface area (Å²) in [6.45, 7) is -0.278. The fourth-order valence-corrected chi connectivity index (χ4v) is 2.47. The number of nitrogens with one attached hydrogen (secondary N) is 1. The Morgan fingerprint density at radius 3 is 3.00 bits per heavy atom. The van der Waals surface area contributed by atoms with Gasteiger partial charge >= 0.3 is 0 Å². The molecule has 112 valence electrons. The zero-order valence-corrected chi connectivity index (χ0v) is 11.9. The molecule has 0 aromatic heterocycles. The van der Waals surface area contributed by atoms with Crippen molar-refractivity contribution in [3.05, 3.63) is 35.1 Å². The number of aliphatic hydroxyl groups excluding tert-OH is 1. The standard InChI is InChI=1S/C16H18FNO3/c1-21-13-6-5-12(10-13)18-16(20)14-9-11(3-2-8-19)4-7-15(14)17/h4,7,9,12-13,19H,5-6,8,10H2,1H3,(H,18,20). The summed E-state index contributed by atoms with van der Waals surface area (Å²) in [6.07, 6.45) is 2.62. The van der Waals surface area contributed by atoms with Gasteiger partial charge in [0.2, 0.25) is 0 Å². The van der Waals surface area contributed by atoms with Crippen LogP contribution in [-0.4, -0.2) is 36.9 Å². The van der Waals surface area contributed by atoms with E-state index < -0.39 is 11.7 Å². The first kappa shape index (κ1) is 15.5. The van der Waals surface area contributed by atoms with Crippen molar-refractivity contribution in [1.29, 1.82) is 0 Å². The molecule has 0 saturated heterocycles. The summed E-state index contributed by atoms with van der Waals surface area (Å²) in [5.41, 5.74) is 0.470. The van der Waals surface area contributed by atoms with Crippen LogP contribution in [0.15, 0.2) is 18.2 Å². The summed E-state index contributed by atoms with van der Waals surface area (Å²) >= 11 is 0. The van der Waals surface area contributed by atoms with Gasteiger partial charge in [0.05, 0.1) is 11.7 Å². The van der Waals surface area contributed by atoms with E-state index in [0.29, 0.717) is 5.56 Å². The molecule has 1 saturated carbocycles. The van der Waals surface area contributed by atoms with E-state index >= 15 is 0 Å². The van der Waals surface area contributed by atoms with Gasteiger partial charge < -0.3 is 15.2 Å².